The average molecular weight is 273 g/mol. The van der Waals surface area contributed by atoms with Crippen LogP contribution in [0, 0.1) is 11.3 Å². The molecular formula is C15H19N3O2. The maximum atomic E-state index is 12.3. The minimum absolute atomic E-state index is 0.104. The van der Waals surface area contributed by atoms with Crippen LogP contribution < -0.4 is 15.4 Å². The zero-order valence-electron chi connectivity index (χ0n) is 11.6. The first-order valence-corrected chi connectivity index (χ1v) is 6.87. The highest BCUT2D eigenvalue weighted by molar-refractivity contribution is 5.97. The number of carbonyl (C=O) groups excluding carboxylic acids is 1. The second kappa shape index (κ2) is 6.92. The Labute approximate surface area is 118 Å². The van der Waals surface area contributed by atoms with Crippen LogP contribution in [0.5, 0.6) is 5.75 Å². The van der Waals surface area contributed by atoms with Gasteiger partial charge in [-0.3, -0.25) is 4.79 Å². The molecule has 1 fully saturated rings. The molecule has 1 aliphatic heterocycles. The molecule has 1 aromatic carbocycles. The van der Waals surface area contributed by atoms with Gasteiger partial charge in [-0.15, -0.1) is 0 Å². The van der Waals surface area contributed by atoms with Gasteiger partial charge in [-0.2, -0.15) is 5.26 Å². The van der Waals surface area contributed by atoms with Crippen LogP contribution in [0.3, 0.4) is 0 Å². The Morgan fingerprint density at radius 1 is 1.45 bits per heavy atom. The molecule has 2 N–H and O–H groups in total. The molecule has 5 heteroatoms. The highest BCUT2D eigenvalue weighted by atomic mass is 16.5. The Bertz CT molecular complexity index is 514. The molecule has 1 heterocycles. The van der Waals surface area contributed by atoms with E-state index in [9.17, 15) is 4.79 Å². The Hall–Kier alpha value is -2.06. The molecule has 0 radical (unpaired) electrons. The van der Waals surface area contributed by atoms with E-state index in [1.807, 2.05) is 0 Å². The van der Waals surface area contributed by atoms with Crippen molar-refractivity contribution < 1.29 is 9.53 Å². The van der Waals surface area contributed by atoms with Crippen molar-refractivity contribution in [2.75, 3.05) is 19.0 Å². The number of nitrogens with zero attached hydrogens (tertiary/aromatic N) is 1. The molecule has 1 saturated heterocycles. The van der Waals surface area contributed by atoms with Gasteiger partial charge in [-0.1, -0.05) is 18.9 Å². The molecule has 0 spiro atoms. The lowest BCUT2D eigenvalue weighted by molar-refractivity contribution is -0.118. The van der Waals surface area contributed by atoms with Crippen LogP contribution in [0.25, 0.3) is 0 Å². The molecule has 0 bridgehead atoms. The van der Waals surface area contributed by atoms with Gasteiger partial charge < -0.3 is 15.4 Å². The van der Waals surface area contributed by atoms with Gasteiger partial charge in [0, 0.05) is 0 Å². The number of hydrogen-bond donors (Lipinski definition) is 2. The normalized spacial score (nSPS) is 18.7. The van der Waals surface area contributed by atoms with Gasteiger partial charge in [-0.05, 0) is 31.5 Å². The number of benzene rings is 1. The summed E-state index contributed by atoms with van der Waals surface area (Å²) in [4.78, 5) is 12.3. The van der Waals surface area contributed by atoms with Gasteiger partial charge in [0.2, 0.25) is 5.91 Å². The van der Waals surface area contributed by atoms with E-state index in [4.69, 9.17) is 10.00 Å². The molecule has 106 valence electrons. The summed E-state index contributed by atoms with van der Waals surface area (Å²) in [5.74, 6) is 0.402. The van der Waals surface area contributed by atoms with Crippen molar-refractivity contribution in [3.63, 3.8) is 0 Å². The summed E-state index contributed by atoms with van der Waals surface area (Å²) in [6.45, 7) is 0.856. The van der Waals surface area contributed by atoms with Crippen LogP contribution in [0.2, 0.25) is 0 Å². The lowest BCUT2D eigenvalue weighted by atomic mass is 10.1. The van der Waals surface area contributed by atoms with E-state index in [2.05, 4.69) is 16.7 Å². The van der Waals surface area contributed by atoms with E-state index >= 15 is 0 Å². The fourth-order valence-electron chi connectivity index (χ4n) is 2.39. The van der Waals surface area contributed by atoms with E-state index in [1.54, 1.807) is 18.2 Å². The smallest absolute Gasteiger partial charge is 0.241 e. The predicted octanol–water partition coefficient (Wildman–Crippen LogP) is 2.04. The number of ether oxygens (including phenoxy) is 1. The summed E-state index contributed by atoms with van der Waals surface area (Å²) in [6.07, 6.45) is 4.11. The minimum Gasteiger partial charge on any atom is -0.495 e. The third kappa shape index (κ3) is 3.28. The summed E-state index contributed by atoms with van der Waals surface area (Å²) in [6, 6.07) is 7.01. The number of nitrogens with one attached hydrogen (secondary N) is 2. The van der Waals surface area contributed by atoms with Crippen LogP contribution in [-0.2, 0) is 4.79 Å². The molecule has 2 rings (SSSR count). The molecule has 1 unspecified atom stereocenters. The molecule has 1 aliphatic rings. The van der Waals surface area contributed by atoms with Crippen molar-refractivity contribution in [1.29, 1.82) is 5.26 Å². The standard InChI is InChI=1S/C15H19N3O2/c1-20-13-8-5-6-11(10-16)14(13)18-15(19)12-7-3-2-4-9-17-12/h5-6,8,12,17H,2-4,7,9H2,1H3,(H,18,19). The van der Waals surface area contributed by atoms with Gasteiger partial charge in [0.15, 0.2) is 0 Å². The fraction of sp³-hybridized carbons (Fsp3) is 0.467. The quantitative estimate of drug-likeness (QED) is 0.883. The molecule has 1 amide bonds. The molecule has 1 aromatic rings. The SMILES string of the molecule is COc1cccc(C#N)c1NC(=O)C1CCCCCN1. The number of carbonyl (C=O) groups is 1. The van der Waals surface area contributed by atoms with Crippen LogP contribution in [-0.4, -0.2) is 25.6 Å². The van der Waals surface area contributed by atoms with E-state index < -0.39 is 0 Å². The van der Waals surface area contributed by atoms with Gasteiger partial charge in [-0.25, -0.2) is 0 Å². The van der Waals surface area contributed by atoms with Crippen molar-refractivity contribution in [2.45, 2.75) is 31.7 Å². The minimum atomic E-state index is -0.200. The van der Waals surface area contributed by atoms with Crippen LogP contribution >= 0.6 is 0 Å². The third-order valence-electron chi connectivity index (χ3n) is 3.49. The lowest BCUT2D eigenvalue weighted by Crippen LogP contribution is -2.40. The van der Waals surface area contributed by atoms with Crippen molar-refractivity contribution in [3.8, 4) is 11.8 Å². The molecule has 0 aliphatic carbocycles. The largest absolute Gasteiger partial charge is 0.495 e. The summed E-state index contributed by atoms with van der Waals surface area (Å²) >= 11 is 0. The van der Waals surface area contributed by atoms with Crippen LogP contribution in [0.1, 0.15) is 31.2 Å². The third-order valence-corrected chi connectivity index (χ3v) is 3.49. The zero-order chi connectivity index (χ0) is 14.4. The molecule has 1 atom stereocenters. The van der Waals surface area contributed by atoms with E-state index in [-0.39, 0.29) is 11.9 Å². The highest BCUT2D eigenvalue weighted by Crippen LogP contribution is 2.28. The first-order valence-electron chi connectivity index (χ1n) is 6.87. The molecule has 0 aromatic heterocycles. The molecular weight excluding hydrogens is 254 g/mol. The van der Waals surface area contributed by atoms with E-state index in [0.717, 1.165) is 32.2 Å². The van der Waals surface area contributed by atoms with E-state index in [0.29, 0.717) is 17.0 Å². The first-order chi connectivity index (χ1) is 9.76. The Balaban J connectivity index is 2.16. The molecule has 20 heavy (non-hydrogen) atoms. The Morgan fingerprint density at radius 3 is 3.05 bits per heavy atom. The van der Waals surface area contributed by atoms with Crippen molar-refractivity contribution >= 4 is 11.6 Å². The first kappa shape index (κ1) is 14.4. The van der Waals surface area contributed by atoms with Crippen molar-refractivity contribution in [3.05, 3.63) is 23.8 Å². The maximum Gasteiger partial charge on any atom is 0.241 e. The summed E-state index contributed by atoms with van der Waals surface area (Å²) in [7, 11) is 1.52. The van der Waals surface area contributed by atoms with E-state index in [1.165, 1.54) is 7.11 Å². The number of nitriles is 1. The van der Waals surface area contributed by atoms with Crippen molar-refractivity contribution in [1.82, 2.24) is 5.32 Å². The monoisotopic (exact) mass is 273 g/mol. The van der Waals surface area contributed by atoms with Gasteiger partial charge in [0.25, 0.3) is 0 Å². The number of para-hydroxylation sites is 1. The highest BCUT2D eigenvalue weighted by Gasteiger charge is 2.21. The van der Waals surface area contributed by atoms with Crippen LogP contribution in [0.4, 0.5) is 5.69 Å². The van der Waals surface area contributed by atoms with Gasteiger partial charge in [0.05, 0.1) is 18.7 Å². The average Bonchev–Trinajstić information content (AvgIpc) is 2.76. The van der Waals surface area contributed by atoms with Gasteiger partial charge in [0.1, 0.15) is 17.5 Å². The number of hydrogen-bond acceptors (Lipinski definition) is 4. The summed E-state index contributed by atoms with van der Waals surface area (Å²) < 4.78 is 5.21. The van der Waals surface area contributed by atoms with Crippen molar-refractivity contribution in [2.24, 2.45) is 0 Å². The summed E-state index contributed by atoms with van der Waals surface area (Å²) in [5.41, 5.74) is 0.861. The van der Waals surface area contributed by atoms with Gasteiger partial charge >= 0.3 is 0 Å². The number of rotatable bonds is 3. The zero-order valence-corrected chi connectivity index (χ0v) is 11.6. The number of anilines is 1. The number of methoxy groups -OCH3 is 1. The topological polar surface area (TPSA) is 74.1 Å². The predicted molar refractivity (Wildman–Crippen MR) is 76.6 cm³/mol. The Morgan fingerprint density at radius 2 is 2.30 bits per heavy atom. The summed E-state index contributed by atoms with van der Waals surface area (Å²) in [5, 5.41) is 15.2. The second-order valence-corrected chi connectivity index (χ2v) is 4.84. The lowest BCUT2D eigenvalue weighted by Gasteiger charge is -2.17. The van der Waals surface area contributed by atoms with Crippen LogP contribution in [0.15, 0.2) is 18.2 Å². The molecule has 0 saturated carbocycles. The number of amides is 1. The Kier molecular flexibility index (Phi) is 4.97. The molecule has 5 nitrogen and oxygen atoms in total. The fourth-order valence-corrected chi connectivity index (χ4v) is 2.39. The maximum absolute atomic E-state index is 12.3. The second-order valence-electron chi connectivity index (χ2n) is 4.84.